The normalized spacial score (nSPS) is 12.4. The molecule has 0 saturated heterocycles. The quantitative estimate of drug-likeness (QED) is 0.684. The van der Waals surface area contributed by atoms with Crippen LogP contribution >= 0.6 is 0 Å². The molecule has 0 radical (unpaired) electrons. The minimum Gasteiger partial charge on any atom is -0.355 e. The van der Waals surface area contributed by atoms with Crippen molar-refractivity contribution in [3.05, 3.63) is 30.2 Å². The van der Waals surface area contributed by atoms with Crippen LogP contribution in [-0.2, 0) is 11.2 Å². The topological polar surface area (TPSA) is 59.3 Å². The molecule has 0 aromatic carbocycles. The number of rotatable bonds is 10. The molecule has 0 aliphatic rings. The summed E-state index contributed by atoms with van der Waals surface area (Å²) in [5, 5.41) is 11.4. The van der Waals surface area contributed by atoms with Gasteiger partial charge in [0.15, 0.2) is 5.65 Å². The molecule has 0 spiro atoms. The number of unbranched alkanes of at least 4 members (excludes halogenated alkanes) is 3. The van der Waals surface area contributed by atoms with Crippen LogP contribution in [-0.4, -0.2) is 27.0 Å². The number of nitrogens with zero attached hydrogens (tertiary/aromatic N) is 3. The van der Waals surface area contributed by atoms with Crippen molar-refractivity contribution in [3.8, 4) is 0 Å². The van der Waals surface area contributed by atoms with Crippen molar-refractivity contribution in [2.45, 2.75) is 58.8 Å². The molecular weight excluding hydrogens is 288 g/mol. The van der Waals surface area contributed by atoms with E-state index in [4.69, 9.17) is 0 Å². The average Bonchev–Trinajstić information content (AvgIpc) is 2.98. The van der Waals surface area contributed by atoms with Crippen molar-refractivity contribution >= 4 is 11.6 Å². The minimum atomic E-state index is 0.141. The fourth-order valence-electron chi connectivity index (χ4n) is 2.84. The number of amides is 1. The maximum atomic E-state index is 12.3. The first kappa shape index (κ1) is 17.4. The largest absolute Gasteiger partial charge is 0.355 e. The van der Waals surface area contributed by atoms with E-state index in [0.29, 0.717) is 13.0 Å². The summed E-state index contributed by atoms with van der Waals surface area (Å²) >= 11 is 0. The van der Waals surface area contributed by atoms with E-state index in [-0.39, 0.29) is 11.8 Å². The zero-order valence-corrected chi connectivity index (χ0v) is 14.3. The van der Waals surface area contributed by atoms with Crippen LogP contribution in [0.3, 0.4) is 0 Å². The molecule has 2 aromatic heterocycles. The van der Waals surface area contributed by atoms with E-state index in [1.54, 1.807) is 0 Å². The fraction of sp³-hybridized carbons (Fsp3) is 0.611. The Hall–Kier alpha value is -1.91. The van der Waals surface area contributed by atoms with Gasteiger partial charge >= 0.3 is 0 Å². The predicted octanol–water partition coefficient (Wildman–Crippen LogP) is 3.38. The molecule has 5 heteroatoms. The Morgan fingerprint density at radius 1 is 1.22 bits per heavy atom. The van der Waals surface area contributed by atoms with Crippen LogP contribution in [0.25, 0.3) is 5.65 Å². The Bertz CT molecular complexity index is 608. The maximum Gasteiger partial charge on any atom is 0.223 e. The van der Waals surface area contributed by atoms with Gasteiger partial charge in [-0.15, -0.1) is 10.2 Å². The summed E-state index contributed by atoms with van der Waals surface area (Å²) in [7, 11) is 0. The van der Waals surface area contributed by atoms with Crippen molar-refractivity contribution in [2.75, 3.05) is 6.54 Å². The monoisotopic (exact) mass is 316 g/mol. The van der Waals surface area contributed by atoms with Gasteiger partial charge < -0.3 is 5.32 Å². The molecular formula is C18H28N4O. The number of nitrogens with one attached hydrogen (secondary N) is 1. The number of hydrogen-bond donors (Lipinski definition) is 1. The molecule has 2 rings (SSSR count). The summed E-state index contributed by atoms with van der Waals surface area (Å²) < 4.78 is 1.97. The lowest BCUT2D eigenvalue weighted by molar-refractivity contribution is -0.125. The second-order valence-electron chi connectivity index (χ2n) is 6.04. The lowest BCUT2D eigenvalue weighted by Gasteiger charge is -2.14. The minimum absolute atomic E-state index is 0.141. The number of aromatic nitrogens is 3. The van der Waals surface area contributed by atoms with Crippen molar-refractivity contribution < 1.29 is 4.79 Å². The highest BCUT2D eigenvalue weighted by molar-refractivity contribution is 5.78. The van der Waals surface area contributed by atoms with Crippen molar-refractivity contribution in [1.29, 1.82) is 0 Å². The molecule has 2 aromatic rings. The van der Waals surface area contributed by atoms with Gasteiger partial charge in [0.1, 0.15) is 5.82 Å². The van der Waals surface area contributed by atoms with Crippen molar-refractivity contribution in [3.63, 3.8) is 0 Å². The van der Waals surface area contributed by atoms with E-state index in [0.717, 1.165) is 30.7 Å². The number of hydrogen-bond acceptors (Lipinski definition) is 3. The number of carbonyl (C=O) groups excluding carboxylic acids is 1. The van der Waals surface area contributed by atoms with Gasteiger partial charge in [-0.25, -0.2) is 0 Å². The van der Waals surface area contributed by atoms with E-state index in [1.807, 2.05) is 28.8 Å². The molecule has 0 aliphatic carbocycles. The van der Waals surface area contributed by atoms with Crippen molar-refractivity contribution in [1.82, 2.24) is 19.9 Å². The predicted molar refractivity (Wildman–Crippen MR) is 92.2 cm³/mol. The fourth-order valence-corrected chi connectivity index (χ4v) is 2.84. The van der Waals surface area contributed by atoms with Crippen LogP contribution in [0.2, 0.25) is 0 Å². The molecule has 0 fully saturated rings. The van der Waals surface area contributed by atoms with E-state index in [2.05, 4.69) is 29.4 Å². The number of carbonyl (C=O) groups is 1. The van der Waals surface area contributed by atoms with Crippen LogP contribution in [0, 0.1) is 5.92 Å². The molecule has 0 unspecified atom stereocenters. The van der Waals surface area contributed by atoms with Gasteiger partial charge in [0.25, 0.3) is 0 Å². The van der Waals surface area contributed by atoms with Gasteiger partial charge in [0.2, 0.25) is 5.91 Å². The van der Waals surface area contributed by atoms with E-state index in [9.17, 15) is 4.79 Å². The third-order valence-corrected chi connectivity index (χ3v) is 4.30. The maximum absolute atomic E-state index is 12.3. The number of pyridine rings is 1. The molecule has 126 valence electrons. The van der Waals surface area contributed by atoms with Gasteiger partial charge in [0.05, 0.1) is 0 Å². The molecule has 23 heavy (non-hydrogen) atoms. The average molecular weight is 316 g/mol. The zero-order valence-electron chi connectivity index (χ0n) is 14.3. The Morgan fingerprint density at radius 2 is 2.09 bits per heavy atom. The highest BCUT2D eigenvalue weighted by atomic mass is 16.1. The summed E-state index contributed by atoms with van der Waals surface area (Å²) in [4.78, 5) is 12.3. The Labute approximate surface area is 138 Å². The first-order valence-electron chi connectivity index (χ1n) is 8.82. The number of fused-ring (bicyclic) bond motifs is 1. The first-order valence-corrected chi connectivity index (χ1v) is 8.82. The smallest absolute Gasteiger partial charge is 0.223 e. The Kier molecular flexibility index (Phi) is 7.04. The summed E-state index contributed by atoms with van der Waals surface area (Å²) in [5.41, 5.74) is 0.844. The van der Waals surface area contributed by atoms with E-state index in [1.165, 1.54) is 19.3 Å². The van der Waals surface area contributed by atoms with Crippen LogP contribution < -0.4 is 5.32 Å². The SMILES string of the molecule is CCCCCC[C@H](CC)C(=O)NCCc1nnc2ccccn12. The standard InChI is InChI=1S/C18H28N4O/c1-3-5-6-7-10-15(4-2)18(23)19-13-12-17-21-20-16-11-8-9-14-22(16)17/h8-9,11,14-15H,3-7,10,12-13H2,1-2H3,(H,19,23)/t15-/m0/s1. The van der Waals surface area contributed by atoms with Crippen LogP contribution in [0.15, 0.2) is 24.4 Å². The molecule has 2 heterocycles. The van der Waals surface area contributed by atoms with Crippen LogP contribution in [0.1, 0.15) is 58.2 Å². The van der Waals surface area contributed by atoms with Gasteiger partial charge in [-0.2, -0.15) is 0 Å². The lowest BCUT2D eigenvalue weighted by Crippen LogP contribution is -2.32. The second-order valence-corrected chi connectivity index (χ2v) is 6.04. The molecule has 1 atom stereocenters. The van der Waals surface area contributed by atoms with Gasteiger partial charge in [0, 0.05) is 25.1 Å². The van der Waals surface area contributed by atoms with Gasteiger partial charge in [-0.1, -0.05) is 45.6 Å². The molecule has 0 aliphatic heterocycles. The molecule has 1 N–H and O–H groups in total. The van der Waals surface area contributed by atoms with Gasteiger partial charge in [-0.05, 0) is 25.0 Å². The summed E-state index contributed by atoms with van der Waals surface area (Å²) in [6.07, 6.45) is 9.42. The van der Waals surface area contributed by atoms with E-state index >= 15 is 0 Å². The zero-order chi connectivity index (χ0) is 16.5. The molecule has 0 bridgehead atoms. The summed E-state index contributed by atoms with van der Waals surface area (Å²) in [5.74, 6) is 1.21. The van der Waals surface area contributed by atoms with Gasteiger partial charge in [-0.3, -0.25) is 9.20 Å². The highest BCUT2D eigenvalue weighted by Gasteiger charge is 2.15. The Morgan fingerprint density at radius 3 is 2.87 bits per heavy atom. The summed E-state index contributed by atoms with van der Waals surface area (Å²) in [6.45, 7) is 4.91. The van der Waals surface area contributed by atoms with Crippen molar-refractivity contribution in [2.24, 2.45) is 5.92 Å². The molecule has 1 amide bonds. The van der Waals surface area contributed by atoms with E-state index < -0.39 is 0 Å². The Balaban J connectivity index is 1.76. The molecule has 5 nitrogen and oxygen atoms in total. The van der Waals surface area contributed by atoms with Crippen LogP contribution in [0.4, 0.5) is 0 Å². The third-order valence-electron chi connectivity index (χ3n) is 4.30. The summed E-state index contributed by atoms with van der Waals surface area (Å²) in [6, 6.07) is 5.83. The second kappa shape index (κ2) is 9.28. The first-order chi connectivity index (χ1) is 11.3. The highest BCUT2D eigenvalue weighted by Crippen LogP contribution is 2.14. The third kappa shape index (κ3) is 5.05. The molecule has 0 saturated carbocycles. The lowest BCUT2D eigenvalue weighted by atomic mass is 9.97. The van der Waals surface area contributed by atoms with Crippen LogP contribution in [0.5, 0.6) is 0 Å².